The number of nitrogens with two attached hydrogens (primary N) is 1. The first kappa shape index (κ1) is 6.55. The van der Waals surface area contributed by atoms with Crippen molar-refractivity contribution in [1.29, 1.82) is 0 Å². The average molecular weight is 146 g/mol. The number of quaternary nitrogens is 1. The molecule has 1 heterocycles. The Morgan fingerprint density at radius 1 is 1.45 bits per heavy atom. The number of fused-ring (bicyclic) bond motifs is 1. The van der Waals surface area contributed by atoms with Crippen molar-refractivity contribution in [2.24, 2.45) is 4.99 Å². The van der Waals surface area contributed by atoms with Crippen molar-refractivity contribution in [3.63, 3.8) is 0 Å². The van der Waals surface area contributed by atoms with Crippen LogP contribution in [0.4, 0.5) is 5.69 Å². The van der Waals surface area contributed by atoms with Gasteiger partial charge in [0.15, 0.2) is 0 Å². The number of hydrogen-bond acceptors (Lipinski definition) is 1. The molecule has 2 rings (SSSR count). The van der Waals surface area contributed by atoms with E-state index < -0.39 is 0 Å². The molecule has 11 heavy (non-hydrogen) atoms. The fourth-order valence-corrected chi connectivity index (χ4v) is 1.25. The van der Waals surface area contributed by atoms with Gasteiger partial charge in [-0.3, -0.25) is 4.99 Å². The number of hydrogen-bond donors (Lipinski definition) is 1. The number of nitrogens with zero attached hydrogens (tertiary/aromatic N) is 1. The van der Waals surface area contributed by atoms with Gasteiger partial charge in [0.1, 0.15) is 5.69 Å². The van der Waals surface area contributed by atoms with E-state index in [4.69, 9.17) is 0 Å². The molecule has 2 heteroatoms. The van der Waals surface area contributed by atoms with Crippen LogP contribution in [0.3, 0.4) is 0 Å². The molecule has 0 saturated carbocycles. The zero-order valence-corrected chi connectivity index (χ0v) is 6.25. The second-order valence-electron chi connectivity index (χ2n) is 2.63. The molecule has 0 atom stereocenters. The Morgan fingerprint density at radius 2 is 2.36 bits per heavy atom. The highest BCUT2D eigenvalue weighted by molar-refractivity contribution is 5.85. The lowest BCUT2D eigenvalue weighted by Gasteiger charge is -2.00. The maximum Gasteiger partial charge on any atom is 0.104 e. The second-order valence-corrected chi connectivity index (χ2v) is 2.63. The van der Waals surface area contributed by atoms with Gasteiger partial charge in [-0.1, -0.05) is 6.07 Å². The minimum Gasteiger partial charge on any atom is -0.446 e. The first-order valence-corrected chi connectivity index (χ1v) is 3.65. The molecule has 56 valence electrons. The van der Waals surface area contributed by atoms with Gasteiger partial charge >= 0.3 is 0 Å². The Kier molecular flexibility index (Phi) is 1.47. The predicted octanol–water partition coefficient (Wildman–Crippen LogP) is 0.606. The van der Waals surface area contributed by atoms with Crippen molar-refractivity contribution in [1.82, 2.24) is 0 Å². The summed E-state index contributed by atoms with van der Waals surface area (Å²) in [6, 6.07) is 6.29. The molecule has 1 aliphatic heterocycles. The highest BCUT2D eigenvalue weighted by Crippen LogP contribution is 2.16. The summed E-state index contributed by atoms with van der Waals surface area (Å²) in [5, 5.41) is 1.85. The number of benzene rings is 1. The fourth-order valence-electron chi connectivity index (χ4n) is 1.25. The highest BCUT2D eigenvalue weighted by Gasteiger charge is 2.05. The van der Waals surface area contributed by atoms with Gasteiger partial charge in [-0.15, -0.1) is 7.05 Å². The van der Waals surface area contributed by atoms with Gasteiger partial charge in [-0.05, 0) is 11.6 Å². The summed E-state index contributed by atoms with van der Waals surface area (Å²) in [6.07, 6.45) is 1.92. The van der Waals surface area contributed by atoms with Crippen LogP contribution in [0.5, 0.6) is 0 Å². The molecule has 1 aromatic rings. The van der Waals surface area contributed by atoms with Gasteiger partial charge in [0, 0.05) is 17.8 Å². The van der Waals surface area contributed by atoms with E-state index in [0.29, 0.717) is 0 Å². The molecule has 0 unspecified atom stereocenters. The maximum absolute atomic E-state index is 4.17. The molecule has 2 nitrogen and oxygen atoms in total. The van der Waals surface area contributed by atoms with Crippen LogP contribution in [0.15, 0.2) is 23.2 Å². The van der Waals surface area contributed by atoms with Gasteiger partial charge in [0.2, 0.25) is 0 Å². The zero-order chi connectivity index (χ0) is 7.68. The normalized spacial score (nSPS) is 13.5. The van der Waals surface area contributed by atoms with Gasteiger partial charge in [-0.25, -0.2) is 0 Å². The van der Waals surface area contributed by atoms with E-state index >= 15 is 0 Å². The van der Waals surface area contributed by atoms with Gasteiger partial charge in [0.05, 0.1) is 6.54 Å². The van der Waals surface area contributed by atoms with Crippen molar-refractivity contribution in [3.8, 4) is 0 Å². The van der Waals surface area contributed by atoms with Crippen LogP contribution in [-0.4, -0.2) is 6.21 Å². The number of rotatable bonds is 1. The van der Waals surface area contributed by atoms with Gasteiger partial charge < -0.3 is 5.32 Å². The van der Waals surface area contributed by atoms with E-state index in [0.717, 1.165) is 12.2 Å². The van der Waals surface area contributed by atoms with E-state index in [-0.39, 0.29) is 0 Å². The van der Waals surface area contributed by atoms with Crippen LogP contribution >= 0.6 is 0 Å². The van der Waals surface area contributed by atoms with Crippen LogP contribution in [0, 0.1) is 7.05 Å². The van der Waals surface area contributed by atoms with Gasteiger partial charge in [0.25, 0.3) is 0 Å². The van der Waals surface area contributed by atoms with Crippen LogP contribution in [0.25, 0.3) is 0 Å². The lowest BCUT2D eigenvalue weighted by atomic mass is 10.1. The molecule has 0 amide bonds. The van der Waals surface area contributed by atoms with Crippen LogP contribution < -0.4 is 5.32 Å². The summed E-state index contributed by atoms with van der Waals surface area (Å²) in [5.74, 6) is 0. The largest absolute Gasteiger partial charge is 0.446 e. The van der Waals surface area contributed by atoms with Crippen molar-refractivity contribution < 1.29 is 5.32 Å². The third kappa shape index (κ3) is 1.05. The summed E-state index contributed by atoms with van der Waals surface area (Å²) in [4.78, 5) is 4.17. The Hall–Kier alpha value is -1.15. The minimum absolute atomic E-state index is 0.840. The molecule has 1 aliphatic rings. The minimum atomic E-state index is 0.840. The third-order valence-electron chi connectivity index (χ3n) is 1.90. The summed E-state index contributed by atoms with van der Waals surface area (Å²) in [5.41, 5.74) is 3.72. The first-order chi connectivity index (χ1) is 5.40. The SMILES string of the molecule is [CH2-][NH2+]c1ccc2c(c1)C=NC2. The molecule has 0 saturated heterocycles. The molecule has 0 spiro atoms. The Bertz CT molecular complexity index is 302. The molecule has 0 radical (unpaired) electrons. The summed E-state index contributed by atoms with van der Waals surface area (Å²) >= 11 is 0. The molecule has 0 aliphatic carbocycles. The molecular formula is C9H10N2. The molecular weight excluding hydrogens is 136 g/mol. The maximum atomic E-state index is 4.17. The topological polar surface area (TPSA) is 29.0 Å². The zero-order valence-electron chi connectivity index (χ0n) is 6.25. The van der Waals surface area contributed by atoms with E-state index in [9.17, 15) is 0 Å². The van der Waals surface area contributed by atoms with E-state index in [2.05, 4.69) is 30.2 Å². The van der Waals surface area contributed by atoms with Crippen LogP contribution in [-0.2, 0) is 6.54 Å². The quantitative estimate of drug-likeness (QED) is 0.444. The van der Waals surface area contributed by atoms with Crippen molar-refractivity contribution in [3.05, 3.63) is 36.4 Å². The Balaban J connectivity index is 2.47. The summed E-state index contributed by atoms with van der Waals surface area (Å²) in [6.45, 7) is 0.840. The predicted molar refractivity (Wildman–Crippen MR) is 44.7 cm³/mol. The lowest BCUT2D eigenvalue weighted by Crippen LogP contribution is -2.69. The molecule has 1 aromatic carbocycles. The van der Waals surface area contributed by atoms with Crippen LogP contribution in [0.2, 0.25) is 0 Å². The molecule has 0 aromatic heterocycles. The second kappa shape index (κ2) is 2.47. The standard InChI is InChI=1S/C9H10N2/c1-10-9-3-2-7-5-11-6-8(7)4-9/h2-4,6H,1,5,10H2. The first-order valence-electron chi connectivity index (χ1n) is 3.65. The van der Waals surface area contributed by atoms with E-state index in [1.807, 2.05) is 11.5 Å². The smallest absolute Gasteiger partial charge is 0.104 e. The third-order valence-corrected chi connectivity index (χ3v) is 1.90. The van der Waals surface area contributed by atoms with E-state index in [1.54, 1.807) is 0 Å². The van der Waals surface area contributed by atoms with Crippen molar-refractivity contribution in [2.75, 3.05) is 0 Å². The molecule has 2 N–H and O–H groups in total. The molecule has 0 fully saturated rings. The van der Waals surface area contributed by atoms with Crippen LogP contribution in [0.1, 0.15) is 11.1 Å². The lowest BCUT2D eigenvalue weighted by molar-refractivity contribution is -0.504. The van der Waals surface area contributed by atoms with E-state index in [1.165, 1.54) is 11.1 Å². The summed E-state index contributed by atoms with van der Waals surface area (Å²) in [7, 11) is 3.71. The Labute approximate surface area is 66.0 Å². The monoisotopic (exact) mass is 146 g/mol. The molecule has 0 bridgehead atoms. The summed E-state index contributed by atoms with van der Waals surface area (Å²) < 4.78 is 0. The van der Waals surface area contributed by atoms with Gasteiger partial charge in [-0.2, -0.15) is 0 Å². The average Bonchev–Trinajstić information content (AvgIpc) is 2.50. The Morgan fingerprint density at radius 3 is 3.18 bits per heavy atom. The van der Waals surface area contributed by atoms with Crippen molar-refractivity contribution in [2.45, 2.75) is 6.54 Å². The highest BCUT2D eigenvalue weighted by atomic mass is 14.8. The van der Waals surface area contributed by atoms with Crippen molar-refractivity contribution >= 4 is 11.9 Å². The number of aliphatic imine (C=N–C) groups is 1. The fraction of sp³-hybridized carbons (Fsp3) is 0.111.